The number of aryl methyl sites for hydroxylation is 1. The number of benzene rings is 1. The summed E-state index contributed by atoms with van der Waals surface area (Å²) in [6.45, 7) is 5.79. The molecule has 1 saturated heterocycles. The van der Waals surface area contributed by atoms with Gasteiger partial charge in [-0.2, -0.15) is 9.40 Å². The van der Waals surface area contributed by atoms with E-state index in [1.165, 1.54) is 12.1 Å². The van der Waals surface area contributed by atoms with Crippen molar-refractivity contribution in [3.05, 3.63) is 47.0 Å². The van der Waals surface area contributed by atoms with E-state index in [1.807, 2.05) is 18.9 Å². The summed E-state index contributed by atoms with van der Waals surface area (Å²) < 4.78 is 42.5. The van der Waals surface area contributed by atoms with Gasteiger partial charge in [0.1, 0.15) is 10.7 Å². The molecule has 6 nitrogen and oxygen atoms in total. The zero-order valence-corrected chi connectivity index (χ0v) is 17.0. The number of aromatic nitrogens is 2. The van der Waals surface area contributed by atoms with Crippen molar-refractivity contribution in [2.24, 2.45) is 0 Å². The largest absolute Gasteiger partial charge is 0.283 e. The lowest BCUT2D eigenvalue weighted by Crippen LogP contribution is -2.36. The molecule has 0 bridgehead atoms. The summed E-state index contributed by atoms with van der Waals surface area (Å²) in [4.78, 5) is 2.35. The van der Waals surface area contributed by atoms with Gasteiger partial charge >= 0.3 is 0 Å². The second-order valence-corrected chi connectivity index (χ2v) is 9.12. The fraction of sp³-hybridized carbons (Fsp3) is 0.526. The smallest absolute Gasteiger partial charge is 0.246 e. The standard InChI is InChI=1S/C19H27FN4O2S/c1-15-19(27(25,26)23-11-5-4-6-12-23)16(2)24(21-15)14-22(3)13-17-7-9-18(20)10-8-17/h7-10H,4-6,11-14H2,1-3H3. The van der Waals surface area contributed by atoms with E-state index in [9.17, 15) is 12.8 Å². The topological polar surface area (TPSA) is 58.4 Å². The van der Waals surface area contributed by atoms with Gasteiger partial charge in [0.2, 0.25) is 10.0 Å². The molecule has 0 saturated carbocycles. The predicted molar refractivity (Wildman–Crippen MR) is 102 cm³/mol. The molecular formula is C19H27FN4O2S. The van der Waals surface area contributed by atoms with E-state index in [0.29, 0.717) is 42.6 Å². The third-order valence-electron chi connectivity index (χ3n) is 4.97. The molecule has 8 heteroatoms. The van der Waals surface area contributed by atoms with Crippen LogP contribution in [0.15, 0.2) is 29.2 Å². The molecule has 0 N–H and O–H groups in total. The van der Waals surface area contributed by atoms with Crippen LogP contribution in [0.4, 0.5) is 4.39 Å². The average molecular weight is 395 g/mol. The summed E-state index contributed by atoms with van der Waals surface area (Å²) in [5.41, 5.74) is 2.18. The average Bonchev–Trinajstić information content (AvgIpc) is 2.91. The number of hydrogen-bond donors (Lipinski definition) is 0. The Morgan fingerprint density at radius 2 is 1.74 bits per heavy atom. The van der Waals surface area contributed by atoms with E-state index in [1.54, 1.807) is 28.0 Å². The van der Waals surface area contributed by atoms with Crippen molar-refractivity contribution < 1.29 is 12.8 Å². The zero-order chi connectivity index (χ0) is 19.6. The van der Waals surface area contributed by atoms with Crippen molar-refractivity contribution in [2.75, 3.05) is 20.1 Å². The summed E-state index contributed by atoms with van der Waals surface area (Å²) in [5, 5.41) is 4.48. The molecule has 1 aliphatic heterocycles. The summed E-state index contributed by atoms with van der Waals surface area (Å²) in [5.74, 6) is -0.257. The molecule has 0 unspecified atom stereocenters. The molecule has 0 spiro atoms. The fourth-order valence-electron chi connectivity index (χ4n) is 3.61. The van der Waals surface area contributed by atoms with Crippen molar-refractivity contribution in [2.45, 2.75) is 51.2 Å². The second kappa shape index (κ2) is 8.08. The van der Waals surface area contributed by atoms with Gasteiger partial charge in [0.05, 0.1) is 18.1 Å². The van der Waals surface area contributed by atoms with Gasteiger partial charge in [-0.25, -0.2) is 12.8 Å². The number of piperidine rings is 1. The van der Waals surface area contributed by atoms with Crippen LogP contribution in [0.1, 0.15) is 36.2 Å². The number of rotatable bonds is 6. The van der Waals surface area contributed by atoms with Gasteiger partial charge < -0.3 is 0 Å². The van der Waals surface area contributed by atoms with Gasteiger partial charge in [-0.3, -0.25) is 9.58 Å². The summed E-state index contributed by atoms with van der Waals surface area (Å²) >= 11 is 0. The molecule has 0 amide bonds. The Hall–Kier alpha value is -1.77. The molecule has 1 aromatic heterocycles. The minimum absolute atomic E-state index is 0.257. The maximum atomic E-state index is 13.1. The van der Waals surface area contributed by atoms with Gasteiger partial charge in [0, 0.05) is 19.6 Å². The number of sulfonamides is 1. The van der Waals surface area contributed by atoms with Crippen LogP contribution in [0.3, 0.4) is 0 Å². The van der Waals surface area contributed by atoms with Gasteiger partial charge in [-0.1, -0.05) is 18.6 Å². The van der Waals surface area contributed by atoms with Crippen molar-refractivity contribution in [1.29, 1.82) is 0 Å². The highest BCUT2D eigenvalue weighted by molar-refractivity contribution is 7.89. The Morgan fingerprint density at radius 3 is 2.37 bits per heavy atom. The summed E-state index contributed by atoms with van der Waals surface area (Å²) in [7, 11) is -1.58. The minimum atomic E-state index is -3.51. The molecule has 1 aliphatic rings. The first-order valence-electron chi connectivity index (χ1n) is 9.26. The first-order chi connectivity index (χ1) is 12.8. The Kier molecular flexibility index (Phi) is 5.98. The SMILES string of the molecule is Cc1nn(CN(C)Cc2ccc(F)cc2)c(C)c1S(=O)(=O)N1CCCCC1. The van der Waals surface area contributed by atoms with Gasteiger partial charge in [0.25, 0.3) is 0 Å². The van der Waals surface area contributed by atoms with Crippen LogP contribution in [0.25, 0.3) is 0 Å². The quantitative estimate of drug-likeness (QED) is 0.756. The van der Waals surface area contributed by atoms with Crippen LogP contribution in [0.5, 0.6) is 0 Å². The maximum absolute atomic E-state index is 13.1. The minimum Gasteiger partial charge on any atom is -0.283 e. The molecule has 27 heavy (non-hydrogen) atoms. The highest BCUT2D eigenvalue weighted by Gasteiger charge is 2.31. The zero-order valence-electron chi connectivity index (χ0n) is 16.2. The van der Waals surface area contributed by atoms with Crippen LogP contribution in [0, 0.1) is 19.7 Å². The molecule has 2 aromatic rings. The molecule has 1 fully saturated rings. The lowest BCUT2D eigenvalue weighted by molar-refractivity contribution is 0.243. The van der Waals surface area contributed by atoms with E-state index in [-0.39, 0.29) is 5.82 Å². The first-order valence-corrected chi connectivity index (χ1v) is 10.7. The molecular weight excluding hydrogens is 367 g/mol. The molecule has 3 rings (SSSR count). The highest BCUT2D eigenvalue weighted by Crippen LogP contribution is 2.26. The van der Waals surface area contributed by atoms with E-state index in [0.717, 1.165) is 24.8 Å². The van der Waals surface area contributed by atoms with E-state index >= 15 is 0 Å². The number of hydrogen-bond acceptors (Lipinski definition) is 4. The van der Waals surface area contributed by atoms with E-state index in [4.69, 9.17) is 0 Å². The second-order valence-electron chi connectivity index (χ2n) is 7.25. The fourth-order valence-corrected chi connectivity index (χ4v) is 5.50. The number of halogens is 1. The molecule has 2 heterocycles. The Labute approximate surface area is 160 Å². The monoisotopic (exact) mass is 394 g/mol. The molecule has 148 valence electrons. The van der Waals surface area contributed by atoms with Gasteiger partial charge in [-0.05, 0) is 51.4 Å². The maximum Gasteiger partial charge on any atom is 0.246 e. The molecule has 1 aromatic carbocycles. The van der Waals surface area contributed by atoms with Crippen LogP contribution in [-0.4, -0.2) is 47.5 Å². The summed E-state index contributed by atoms with van der Waals surface area (Å²) in [6, 6.07) is 6.38. The van der Waals surface area contributed by atoms with Crippen LogP contribution in [0.2, 0.25) is 0 Å². The van der Waals surface area contributed by atoms with E-state index in [2.05, 4.69) is 5.10 Å². The van der Waals surface area contributed by atoms with Gasteiger partial charge in [0.15, 0.2) is 0 Å². The first kappa shape index (κ1) is 20.0. The molecule has 0 radical (unpaired) electrons. The van der Waals surface area contributed by atoms with Crippen molar-refractivity contribution in [1.82, 2.24) is 19.0 Å². The van der Waals surface area contributed by atoms with Crippen molar-refractivity contribution in [3.8, 4) is 0 Å². The van der Waals surface area contributed by atoms with Gasteiger partial charge in [-0.15, -0.1) is 0 Å². The van der Waals surface area contributed by atoms with Crippen LogP contribution < -0.4 is 0 Å². The lowest BCUT2D eigenvalue weighted by Gasteiger charge is -2.26. The third-order valence-corrected chi connectivity index (χ3v) is 7.12. The highest BCUT2D eigenvalue weighted by atomic mass is 32.2. The summed E-state index contributed by atoms with van der Waals surface area (Å²) in [6.07, 6.45) is 2.90. The van der Waals surface area contributed by atoms with Crippen molar-refractivity contribution in [3.63, 3.8) is 0 Å². The molecule has 0 aliphatic carbocycles. The predicted octanol–water partition coefficient (Wildman–Crippen LogP) is 2.90. The normalized spacial score (nSPS) is 16.2. The van der Waals surface area contributed by atoms with Crippen LogP contribution >= 0.6 is 0 Å². The van der Waals surface area contributed by atoms with E-state index < -0.39 is 10.0 Å². The Balaban J connectivity index is 1.77. The Morgan fingerprint density at radius 1 is 1.11 bits per heavy atom. The third kappa shape index (κ3) is 4.39. The molecule has 0 atom stereocenters. The Bertz CT molecular complexity index is 887. The van der Waals surface area contributed by atoms with Crippen LogP contribution in [-0.2, 0) is 23.2 Å². The lowest BCUT2D eigenvalue weighted by atomic mass is 10.2. The number of nitrogens with zero attached hydrogens (tertiary/aromatic N) is 4. The van der Waals surface area contributed by atoms with Crippen molar-refractivity contribution >= 4 is 10.0 Å².